The van der Waals surface area contributed by atoms with E-state index < -0.39 is 0 Å². The number of carbonyl (C=O) groups is 1. The Balaban J connectivity index is 2.05. The largest absolute Gasteiger partial charge is 0.294 e. The van der Waals surface area contributed by atoms with Crippen LogP contribution in [-0.2, 0) is 4.79 Å². The van der Waals surface area contributed by atoms with Crippen LogP contribution in [-0.4, -0.2) is 21.6 Å². The quantitative estimate of drug-likeness (QED) is 0.187. The molecule has 1 aromatic rings. The number of nitrogens with zero attached hydrogens (tertiary/aromatic N) is 2. The average molecular weight is 226 g/mol. The fourth-order valence-corrected chi connectivity index (χ4v) is 1.84. The van der Waals surface area contributed by atoms with Crippen LogP contribution in [0.2, 0.25) is 0 Å². The second-order valence-electron chi connectivity index (χ2n) is 2.92. The van der Waals surface area contributed by atoms with Crippen molar-refractivity contribution in [1.29, 1.82) is 0 Å². The molecule has 5 nitrogen and oxygen atoms in total. The van der Waals surface area contributed by atoms with Gasteiger partial charge in [0.2, 0.25) is 5.91 Å². The molecule has 1 heterocycles. The van der Waals surface area contributed by atoms with Crippen LogP contribution in [0.1, 0.15) is 19.3 Å². The lowest BCUT2D eigenvalue weighted by Gasteiger charge is -2.00. The van der Waals surface area contributed by atoms with Gasteiger partial charge in [-0.1, -0.05) is 0 Å². The van der Waals surface area contributed by atoms with Gasteiger partial charge in [0.15, 0.2) is 0 Å². The average Bonchev–Trinajstić information content (AvgIpc) is 2.29. The van der Waals surface area contributed by atoms with E-state index in [2.05, 4.69) is 15.4 Å². The highest BCUT2D eigenvalue weighted by atomic mass is 32.2. The molecule has 0 atom stereocenters. The molecule has 0 aliphatic carbocycles. The molecule has 1 rings (SSSR count). The summed E-state index contributed by atoms with van der Waals surface area (Å²) in [4.78, 5) is 18.7. The first-order chi connectivity index (χ1) is 7.33. The lowest BCUT2D eigenvalue weighted by Crippen LogP contribution is -2.29. The number of rotatable bonds is 6. The lowest BCUT2D eigenvalue weighted by atomic mass is 10.2. The second-order valence-corrected chi connectivity index (χ2v) is 4.04. The summed E-state index contributed by atoms with van der Waals surface area (Å²) >= 11 is 1.67. The van der Waals surface area contributed by atoms with Crippen molar-refractivity contribution in [2.24, 2.45) is 5.84 Å². The number of nitrogens with one attached hydrogen (secondary N) is 1. The Bertz CT molecular complexity index is 293. The van der Waals surface area contributed by atoms with Crippen LogP contribution in [0.5, 0.6) is 0 Å². The van der Waals surface area contributed by atoms with Gasteiger partial charge in [0.25, 0.3) is 0 Å². The third-order valence-electron chi connectivity index (χ3n) is 1.76. The van der Waals surface area contributed by atoms with Crippen molar-refractivity contribution in [3.63, 3.8) is 0 Å². The van der Waals surface area contributed by atoms with Gasteiger partial charge >= 0.3 is 0 Å². The number of hydrazine groups is 1. The molecule has 0 aliphatic heterocycles. The molecule has 0 saturated carbocycles. The topological polar surface area (TPSA) is 80.9 Å². The minimum atomic E-state index is -0.109. The zero-order chi connectivity index (χ0) is 10.9. The molecule has 0 fully saturated rings. The highest BCUT2D eigenvalue weighted by Gasteiger charge is 1.98. The predicted octanol–water partition coefficient (Wildman–Crippen LogP) is 0.729. The van der Waals surface area contributed by atoms with E-state index in [0.29, 0.717) is 6.42 Å². The summed E-state index contributed by atoms with van der Waals surface area (Å²) in [5.74, 6) is 5.80. The van der Waals surface area contributed by atoms with Gasteiger partial charge in [0, 0.05) is 12.6 Å². The van der Waals surface area contributed by atoms with E-state index in [9.17, 15) is 4.79 Å². The molecule has 0 aliphatic rings. The zero-order valence-electron chi connectivity index (χ0n) is 8.35. The molecule has 15 heavy (non-hydrogen) atoms. The molecule has 0 bridgehead atoms. The summed E-state index contributed by atoms with van der Waals surface area (Å²) in [5.41, 5.74) is 2.11. The molecular weight excluding hydrogens is 212 g/mol. The molecule has 0 unspecified atom stereocenters. The van der Waals surface area contributed by atoms with Crippen LogP contribution in [0.15, 0.2) is 23.6 Å². The molecule has 3 N–H and O–H groups in total. The SMILES string of the molecule is NNC(=O)CCCCSc1ccncn1. The Morgan fingerprint density at radius 1 is 1.53 bits per heavy atom. The van der Waals surface area contributed by atoms with E-state index in [1.54, 1.807) is 18.0 Å². The maximum atomic E-state index is 10.8. The van der Waals surface area contributed by atoms with Crippen molar-refractivity contribution in [1.82, 2.24) is 15.4 Å². The number of thioether (sulfide) groups is 1. The van der Waals surface area contributed by atoms with Gasteiger partial charge in [-0.15, -0.1) is 11.8 Å². The lowest BCUT2D eigenvalue weighted by molar-refractivity contribution is -0.121. The van der Waals surface area contributed by atoms with E-state index >= 15 is 0 Å². The maximum Gasteiger partial charge on any atom is 0.233 e. The normalized spacial score (nSPS) is 9.93. The first kappa shape index (κ1) is 11.9. The minimum absolute atomic E-state index is 0.109. The molecular formula is C9H14N4OS. The standard InChI is InChI=1S/C9H14N4OS/c10-13-8(14)3-1-2-6-15-9-4-5-11-7-12-9/h4-5,7H,1-3,6,10H2,(H,13,14). The third-order valence-corrected chi connectivity index (χ3v) is 2.79. The highest BCUT2D eigenvalue weighted by Crippen LogP contribution is 2.15. The Morgan fingerprint density at radius 3 is 3.07 bits per heavy atom. The van der Waals surface area contributed by atoms with Crippen molar-refractivity contribution in [2.75, 3.05) is 5.75 Å². The van der Waals surface area contributed by atoms with Crippen LogP contribution < -0.4 is 11.3 Å². The van der Waals surface area contributed by atoms with Crippen LogP contribution in [0, 0.1) is 0 Å². The molecule has 1 amide bonds. The Labute approximate surface area is 92.8 Å². The van der Waals surface area contributed by atoms with Gasteiger partial charge in [-0.25, -0.2) is 15.8 Å². The number of nitrogens with two attached hydrogens (primary N) is 1. The van der Waals surface area contributed by atoms with Crippen LogP contribution in [0.3, 0.4) is 0 Å². The van der Waals surface area contributed by atoms with Crippen molar-refractivity contribution < 1.29 is 4.79 Å². The summed E-state index contributed by atoms with van der Waals surface area (Å²) in [7, 11) is 0. The highest BCUT2D eigenvalue weighted by molar-refractivity contribution is 7.99. The van der Waals surface area contributed by atoms with Crippen molar-refractivity contribution in [3.05, 3.63) is 18.6 Å². The summed E-state index contributed by atoms with van der Waals surface area (Å²) in [6, 6.07) is 1.87. The van der Waals surface area contributed by atoms with Gasteiger partial charge < -0.3 is 0 Å². The smallest absolute Gasteiger partial charge is 0.233 e. The number of carbonyl (C=O) groups excluding carboxylic acids is 1. The number of hydrogen-bond donors (Lipinski definition) is 2. The van der Waals surface area contributed by atoms with Gasteiger partial charge in [-0.05, 0) is 24.7 Å². The van der Waals surface area contributed by atoms with Gasteiger partial charge in [-0.3, -0.25) is 10.2 Å². The van der Waals surface area contributed by atoms with E-state index in [0.717, 1.165) is 23.6 Å². The molecule has 0 saturated heterocycles. The van der Waals surface area contributed by atoms with Crippen LogP contribution >= 0.6 is 11.8 Å². The fraction of sp³-hybridized carbons (Fsp3) is 0.444. The first-order valence-corrected chi connectivity index (χ1v) is 5.69. The molecule has 6 heteroatoms. The summed E-state index contributed by atoms with van der Waals surface area (Å²) in [6.45, 7) is 0. The number of aromatic nitrogens is 2. The zero-order valence-corrected chi connectivity index (χ0v) is 9.17. The van der Waals surface area contributed by atoms with Gasteiger partial charge in [0.05, 0.1) is 5.03 Å². The molecule has 0 aromatic carbocycles. The number of hydrogen-bond acceptors (Lipinski definition) is 5. The van der Waals surface area contributed by atoms with E-state index in [4.69, 9.17) is 5.84 Å². The molecule has 82 valence electrons. The predicted molar refractivity (Wildman–Crippen MR) is 58.9 cm³/mol. The van der Waals surface area contributed by atoms with Gasteiger partial charge in [0.1, 0.15) is 6.33 Å². The second kappa shape index (κ2) is 7.19. The number of amides is 1. The van der Waals surface area contributed by atoms with E-state index in [-0.39, 0.29) is 5.91 Å². The third kappa shape index (κ3) is 5.34. The summed E-state index contributed by atoms with van der Waals surface area (Å²) in [6.07, 6.45) is 5.56. The Kier molecular flexibility index (Phi) is 5.72. The molecule has 0 radical (unpaired) electrons. The monoisotopic (exact) mass is 226 g/mol. The minimum Gasteiger partial charge on any atom is -0.294 e. The van der Waals surface area contributed by atoms with Crippen LogP contribution in [0.4, 0.5) is 0 Å². The van der Waals surface area contributed by atoms with Crippen molar-refractivity contribution in [2.45, 2.75) is 24.3 Å². The Hall–Kier alpha value is -1.14. The Morgan fingerprint density at radius 2 is 2.40 bits per heavy atom. The fourth-order valence-electron chi connectivity index (χ4n) is 1.00. The van der Waals surface area contributed by atoms with Crippen molar-refractivity contribution >= 4 is 17.7 Å². The van der Waals surface area contributed by atoms with E-state index in [1.807, 2.05) is 6.07 Å². The first-order valence-electron chi connectivity index (χ1n) is 4.71. The maximum absolute atomic E-state index is 10.8. The van der Waals surface area contributed by atoms with Gasteiger partial charge in [-0.2, -0.15) is 0 Å². The molecule has 1 aromatic heterocycles. The van der Waals surface area contributed by atoms with Crippen molar-refractivity contribution in [3.8, 4) is 0 Å². The van der Waals surface area contributed by atoms with Crippen LogP contribution in [0.25, 0.3) is 0 Å². The summed E-state index contributed by atoms with van der Waals surface area (Å²) in [5, 5.41) is 0.966. The summed E-state index contributed by atoms with van der Waals surface area (Å²) < 4.78 is 0. The number of unbranched alkanes of at least 4 members (excludes halogenated alkanes) is 1. The van der Waals surface area contributed by atoms with E-state index in [1.165, 1.54) is 6.33 Å². The molecule has 0 spiro atoms.